The Hall–Kier alpha value is 1.26. The molecule has 0 aliphatic rings. The normalized spacial score (nSPS) is 5.56. The third kappa shape index (κ3) is 381. The number of rotatable bonds is 0. The number of benzene rings is 5. The summed E-state index contributed by atoms with van der Waals surface area (Å²) in [6, 6.07) is 59.9. The monoisotopic (exact) mass is 2030 g/mol. The number of nitrogens with zero attached hydrogens (tertiary/aromatic N) is 2. The van der Waals surface area contributed by atoms with Crippen LogP contribution in [-0.4, -0.2) is 101 Å². The number of nitrogens with two attached hydrogens (primary N) is 4. The first-order valence-electron chi connectivity index (χ1n) is 24.2. The van der Waals surface area contributed by atoms with Crippen molar-refractivity contribution in [2.24, 2.45) is 22.9 Å². The van der Waals surface area contributed by atoms with E-state index in [1.54, 1.807) is 28.2 Å². The summed E-state index contributed by atoms with van der Waals surface area (Å²) in [5, 5.41) is 27.1. The molecule has 0 saturated carbocycles. The fraction of sp³-hybridized carbons (Fsp3) is 0.403. The fourth-order valence-corrected chi connectivity index (χ4v) is 2.15. The summed E-state index contributed by atoms with van der Waals surface area (Å²) in [6.45, 7) is 26.1. The summed E-state index contributed by atoms with van der Waals surface area (Å²) in [5.74, 6) is 0. The number of hydrogen-bond donors (Lipinski definition) is 8. The van der Waals surface area contributed by atoms with Crippen molar-refractivity contribution in [3.05, 3.63) is 236 Å². The summed E-state index contributed by atoms with van der Waals surface area (Å²) in [6.07, 6.45) is 0. The summed E-state index contributed by atoms with van der Waals surface area (Å²) in [7, 11) is 14.1. The maximum absolute atomic E-state index is 9.96. The second-order valence-corrected chi connectivity index (χ2v) is 44.1. The topological polar surface area (TPSA) is 273 Å². The number of nitro groups is 2. The molecule has 0 heterocycles. The second-order valence-electron chi connectivity index (χ2n) is 8.69. The van der Waals surface area contributed by atoms with Crippen molar-refractivity contribution in [2.75, 3.05) is 70.5 Å². The van der Waals surface area contributed by atoms with Gasteiger partial charge < -0.3 is 96.5 Å². The fourth-order valence-electron chi connectivity index (χ4n) is 2.15. The first-order valence-corrected chi connectivity index (χ1v) is 39.2. The van der Waals surface area contributed by atoms with Gasteiger partial charge in [0.05, 0.1) is 0 Å². The van der Waals surface area contributed by atoms with Gasteiger partial charge in [0, 0.05) is 177 Å². The Bertz CT molecular complexity index is 1240. The molecule has 0 saturated heterocycles. The minimum atomic E-state index is -0.500. The van der Waals surface area contributed by atoms with E-state index < -0.39 is 9.85 Å². The van der Waals surface area contributed by atoms with E-state index in [2.05, 4.69) is 152 Å². The van der Waals surface area contributed by atoms with Gasteiger partial charge in [-0.3, -0.25) is 25.2 Å². The van der Waals surface area contributed by atoms with Crippen LogP contribution in [0.2, 0.25) is 0 Å². The zero-order valence-corrected chi connectivity index (χ0v) is 79.5. The quantitative estimate of drug-likeness (QED) is 0.0239. The summed E-state index contributed by atoms with van der Waals surface area (Å²) in [5.41, 5.74) is 19.3. The van der Waals surface area contributed by atoms with Gasteiger partial charge in [-0.1, -0.05) is 134 Å². The number of aryl methyl sites for hydroxylation is 1. The molecule has 0 aliphatic carbocycles. The van der Waals surface area contributed by atoms with Gasteiger partial charge >= 0.3 is 76.9 Å². The predicted molar refractivity (Wildman–Crippen MR) is 420 cm³/mol. The van der Waals surface area contributed by atoms with Gasteiger partial charge in [-0.25, -0.2) is 9.59 Å². The van der Waals surface area contributed by atoms with E-state index in [4.69, 9.17) is 20.2 Å². The van der Waals surface area contributed by atoms with Crippen LogP contribution < -0.4 is 44.2 Å². The van der Waals surface area contributed by atoms with Crippen LogP contribution in [0.3, 0.4) is 0 Å². The van der Waals surface area contributed by atoms with Crippen molar-refractivity contribution in [1.82, 2.24) is 21.3 Å². The molecule has 26 heteroatoms. The Morgan fingerprint density at radius 2 is 0.511 bits per heavy atom. The van der Waals surface area contributed by atoms with Crippen molar-refractivity contribution >= 4 is 103 Å². The molecule has 0 spiro atoms. The molecule has 519 valence electrons. The second kappa shape index (κ2) is 246. The first kappa shape index (κ1) is 179. The Labute approximate surface area is 703 Å². The summed E-state index contributed by atoms with van der Waals surface area (Å²) < 4.78 is 0. The van der Waals surface area contributed by atoms with E-state index in [-0.39, 0.29) is 201 Å². The van der Waals surface area contributed by atoms with Crippen LogP contribution in [0.25, 0.3) is 0 Å². The number of hydrogen-bond acceptors (Lipinski definition) is 10. The molecule has 88 heavy (non-hydrogen) atoms. The number of amides is 4. The van der Waals surface area contributed by atoms with E-state index in [1.807, 2.05) is 245 Å². The van der Waals surface area contributed by atoms with Crippen LogP contribution in [-0.2, 0) is 136 Å². The van der Waals surface area contributed by atoms with E-state index in [9.17, 15) is 9.59 Å². The van der Waals surface area contributed by atoms with Crippen LogP contribution in [0.1, 0.15) is 104 Å². The molecule has 4 amide bonds. The van der Waals surface area contributed by atoms with Crippen molar-refractivity contribution in [1.29, 1.82) is 0 Å². The molecule has 0 aliphatic heterocycles. The number of carbonyl (C=O) groups is 2. The number of urea groups is 2. The van der Waals surface area contributed by atoms with Crippen molar-refractivity contribution in [2.45, 2.75) is 105 Å². The number of carbonyl (C=O) groups excluding carboxylic acids is 2. The molecule has 5 rings (SSSR count). The molecule has 0 atom stereocenters. The smallest absolute Gasteiger partial charge is 0 e. The minimum Gasteiger partial charge on any atom is -0.184 e. The van der Waals surface area contributed by atoms with Gasteiger partial charge in [-0.05, 0) is 35.1 Å². The molecule has 12 N–H and O–H groups in total. The van der Waals surface area contributed by atoms with Crippen LogP contribution >= 0.6 is 82.5 Å². The number of halogens is 4. The van der Waals surface area contributed by atoms with Crippen molar-refractivity contribution in [3.8, 4) is 0 Å². The summed E-state index contributed by atoms with van der Waals surface area (Å²) in [4.78, 5) is 39.5. The van der Waals surface area contributed by atoms with E-state index in [0.717, 1.165) is 14.1 Å². The molecule has 0 aromatic heterocycles. The maximum Gasteiger partial charge on any atom is 0 e. The molecule has 0 unspecified atom stereocenters. The maximum atomic E-state index is 9.96. The predicted octanol–water partition coefficient (Wildman–Crippen LogP) is 17.8. The van der Waals surface area contributed by atoms with Crippen molar-refractivity contribution < 1.29 is 155 Å². The molecular formula is C62H128BI4N10O6VY4-9. The third-order valence-electron chi connectivity index (χ3n) is 4.28. The molecule has 16 nitrogen and oxygen atoms in total. The zero-order valence-electron chi connectivity index (χ0n) is 58.1. The van der Waals surface area contributed by atoms with Gasteiger partial charge in [0.15, 0.2) is 14.1 Å². The average molecular weight is 2030 g/mol. The number of nitrogens with one attached hydrogen (secondary N) is 4. The van der Waals surface area contributed by atoms with Gasteiger partial charge in [0.2, 0.25) is 0 Å². The van der Waals surface area contributed by atoms with Crippen LogP contribution in [0.5, 0.6) is 0 Å². The van der Waals surface area contributed by atoms with Crippen LogP contribution in [0.4, 0.5) is 9.59 Å². The molecule has 5 aromatic carbocycles. The van der Waals surface area contributed by atoms with Gasteiger partial charge in [-0.2, -0.15) is 146 Å². The first-order chi connectivity index (χ1) is 37.2. The van der Waals surface area contributed by atoms with Crippen molar-refractivity contribution in [3.63, 3.8) is 0 Å². The van der Waals surface area contributed by atoms with Gasteiger partial charge in [-0.15, -0.1) is 0 Å². The molecule has 0 fully saturated rings. The van der Waals surface area contributed by atoms with E-state index in [1.165, 1.54) is 33.8 Å². The van der Waals surface area contributed by atoms with E-state index >= 15 is 0 Å². The Morgan fingerprint density at radius 3 is 0.545 bits per heavy atom. The standard InChI is InChI=1S/C7H8.4C6H5.2C3H8N2O.6C2H6.CH2I.2CH3NO2.4CH5N.2CH4.4CH3.B.3HI.V.4Y/c1-7-5-3-2-4-6-7;4*1-2-4-6-5-3-1;2*1-4-3(6)5-2;7*1-2;2*1-2(3)4;4*1-2;;;;;;;;;;;;;;;/h2-6H,1H3;4*1-5H;2*1-2H3,(H2,4,5,6);6*1-2H3;1H2;2*1H3;4*2H2,1H3;2*1H4;4*1H3;;3*1H;;;;;/q;4*-1;;;;;;;;;-1;;;;;;;;;4*-1;;;;;+3;;;;/p-3. The zero-order chi connectivity index (χ0) is 64.8. The van der Waals surface area contributed by atoms with Crippen LogP contribution in [0, 0.1) is 86.1 Å². The summed E-state index contributed by atoms with van der Waals surface area (Å²) >= 11 is 9.29. The largest absolute Gasteiger partial charge is 0.184 e. The molecular weight excluding hydrogens is 1910 g/mol. The minimum absolute atomic E-state index is 0. The Kier molecular flexibility index (Phi) is 502. The molecule has 5 aromatic rings. The van der Waals surface area contributed by atoms with E-state index in [0.29, 0.717) is 0 Å². The third-order valence-corrected chi connectivity index (χ3v) is 4.28. The SMILES string of the molecule is C.C.CC.CC.CC.CC.CC.CC.CN.CN.CN.CN.CNC(=O)NC.CNC(=O)NC.C[N+](=O)[O-].C[N+](=O)[O-].Cc1ccccc1.[B].[CH2-]I.[CH3-].[CH3-].[CH3-].[CH3-].[I][V]([I])[I].[Y].[Y].[Y].[Y].[c-]1ccccc1.[c-]1ccccc1.[c-]1ccccc1.[c-]1ccccc1. The molecule has 7 radical (unpaired) electrons. The van der Waals surface area contributed by atoms with Gasteiger partial charge in [0.1, 0.15) is 0 Å². The van der Waals surface area contributed by atoms with Gasteiger partial charge in [0.25, 0.3) is 0 Å². The van der Waals surface area contributed by atoms with Crippen LogP contribution in [0.15, 0.2) is 152 Å². The Morgan fingerprint density at radius 1 is 0.409 bits per heavy atom. The Balaban J connectivity index is -0.0000000180. The average Bonchev–Trinajstić information content (AvgIpc) is 3.52. The molecule has 0 bridgehead atoms.